The third kappa shape index (κ3) is 2.88. The monoisotopic (exact) mass is 371 g/mol. The molecule has 25 heavy (non-hydrogen) atoms. The fourth-order valence-corrected chi connectivity index (χ4v) is 3.94. The van der Waals surface area contributed by atoms with Gasteiger partial charge in [0.2, 0.25) is 15.0 Å². The first kappa shape index (κ1) is 16.1. The van der Waals surface area contributed by atoms with Crippen LogP contribution in [0.1, 0.15) is 5.56 Å². The number of sulfone groups is 1. The molecule has 126 valence electrons. The number of hydrogen-bond donors (Lipinski definition) is 0. The van der Waals surface area contributed by atoms with E-state index in [1.54, 1.807) is 10.6 Å². The van der Waals surface area contributed by atoms with Gasteiger partial charge in [0.05, 0.1) is 23.1 Å². The van der Waals surface area contributed by atoms with E-state index in [-0.39, 0.29) is 11.7 Å². The smallest absolute Gasteiger partial charge is 0.228 e. The minimum absolute atomic E-state index is 0.0259. The molecule has 2 aromatic heterocycles. The zero-order chi connectivity index (χ0) is 17.6. The van der Waals surface area contributed by atoms with Crippen molar-refractivity contribution in [2.45, 2.75) is 11.7 Å². The van der Waals surface area contributed by atoms with E-state index in [2.05, 4.69) is 9.97 Å². The average Bonchev–Trinajstić information content (AvgIpc) is 2.95. The number of hydrogen-bond acceptors (Lipinski definition) is 4. The Morgan fingerprint density at radius 2 is 1.68 bits per heavy atom. The zero-order valence-corrected chi connectivity index (χ0v) is 14.9. The molecule has 0 aliphatic rings. The Labute approximate surface area is 149 Å². The quantitative estimate of drug-likeness (QED) is 0.515. The molecule has 0 aliphatic heterocycles. The van der Waals surface area contributed by atoms with Crippen molar-refractivity contribution in [1.82, 2.24) is 14.5 Å². The Morgan fingerprint density at radius 1 is 1.00 bits per heavy atom. The number of aromatic nitrogens is 3. The molecular formula is C18H14ClN3O2S. The van der Waals surface area contributed by atoms with Gasteiger partial charge < -0.3 is 4.57 Å². The lowest BCUT2D eigenvalue weighted by atomic mass is 10.1. The van der Waals surface area contributed by atoms with Crippen LogP contribution in [0.3, 0.4) is 0 Å². The first-order valence-corrected chi connectivity index (χ1v) is 9.90. The Bertz CT molecular complexity index is 1220. The van der Waals surface area contributed by atoms with E-state index in [0.29, 0.717) is 10.7 Å². The SMILES string of the molecule is CS(=O)(=O)c1nc2ccccc2n1Cc1cc2ccccc2nc1Cl. The number of pyridine rings is 1. The number of rotatable bonds is 3. The molecule has 0 saturated carbocycles. The van der Waals surface area contributed by atoms with E-state index >= 15 is 0 Å². The molecule has 0 aliphatic carbocycles. The average molecular weight is 372 g/mol. The lowest BCUT2D eigenvalue weighted by Gasteiger charge is -2.10. The number of benzene rings is 2. The Balaban J connectivity index is 1.93. The summed E-state index contributed by atoms with van der Waals surface area (Å²) in [6.07, 6.45) is 1.16. The van der Waals surface area contributed by atoms with Crippen LogP contribution in [0, 0.1) is 0 Å². The molecule has 0 amide bonds. The van der Waals surface area contributed by atoms with E-state index in [9.17, 15) is 8.42 Å². The van der Waals surface area contributed by atoms with Crippen LogP contribution in [0.4, 0.5) is 0 Å². The maximum atomic E-state index is 12.2. The third-order valence-electron chi connectivity index (χ3n) is 4.03. The van der Waals surface area contributed by atoms with E-state index < -0.39 is 9.84 Å². The minimum atomic E-state index is -3.48. The van der Waals surface area contributed by atoms with Crippen LogP contribution in [-0.2, 0) is 16.4 Å². The number of halogens is 1. The second-order valence-corrected chi connectivity index (χ2v) is 8.14. The van der Waals surface area contributed by atoms with Gasteiger partial charge in [-0.15, -0.1) is 0 Å². The Kier molecular flexibility index (Phi) is 3.74. The lowest BCUT2D eigenvalue weighted by molar-refractivity contribution is 0.581. The molecule has 2 aromatic carbocycles. The topological polar surface area (TPSA) is 64.8 Å². The molecule has 0 fully saturated rings. The highest BCUT2D eigenvalue weighted by Crippen LogP contribution is 2.25. The molecule has 0 unspecified atom stereocenters. The van der Waals surface area contributed by atoms with Crippen LogP contribution < -0.4 is 0 Å². The summed E-state index contributed by atoms with van der Waals surface area (Å²) in [4.78, 5) is 8.69. The number of nitrogens with zero attached hydrogens (tertiary/aromatic N) is 3. The van der Waals surface area contributed by atoms with Crippen LogP contribution in [0.5, 0.6) is 0 Å². The summed E-state index contributed by atoms with van der Waals surface area (Å²) >= 11 is 6.34. The molecule has 0 saturated heterocycles. The van der Waals surface area contributed by atoms with Crippen molar-refractivity contribution in [2.24, 2.45) is 0 Å². The van der Waals surface area contributed by atoms with Crippen LogP contribution in [0.25, 0.3) is 21.9 Å². The van der Waals surface area contributed by atoms with E-state index in [4.69, 9.17) is 11.6 Å². The summed E-state index contributed by atoms with van der Waals surface area (Å²) in [5.41, 5.74) is 2.92. The fourth-order valence-electron chi connectivity index (χ4n) is 2.91. The molecular weight excluding hydrogens is 358 g/mol. The molecule has 5 nitrogen and oxygen atoms in total. The number of para-hydroxylation sites is 3. The molecule has 4 aromatic rings. The molecule has 0 N–H and O–H groups in total. The van der Waals surface area contributed by atoms with Gasteiger partial charge in [0, 0.05) is 17.2 Å². The van der Waals surface area contributed by atoms with E-state index in [1.165, 1.54) is 0 Å². The van der Waals surface area contributed by atoms with Gasteiger partial charge in [-0.2, -0.15) is 0 Å². The van der Waals surface area contributed by atoms with Gasteiger partial charge in [-0.1, -0.05) is 41.9 Å². The summed E-state index contributed by atoms with van der Waals surface area (Å²) in [7, 11) is -3.48. The second kappa shape index (κ2) is 5.82. The standard InChI is InChI=1S/C18H14ClN3O2S/c1-25(23,24)18-21-15-8-4-5-9-16(15)22(18)11-13-10-12-6-2-3-7-14(12)20-17(13)19/h2-10H,11H2,1H3. The maximum absolute atomic E-state index is 12.2. The van der Waals surface area contributed by atoms with Crippen LogP contribution in [0.15, 0.2) is 59.8 Å². The highest BCUT2D eigenvalue weighted by molar-refractivity contribution is 7.90. The van der Waals surface area contributed by atoms with Crippen molar-refractivity contribution in [2.75, 3.05) is 6.26 Å². The molecule has 0 bridgehead atoms. The normalized spacial score (nSPS) is 12.1. The van der Waals surface area contributed by atoms with Gasteiger partial charge in [0.25, 0.3) is 0 Å². The molecule has 4 rings (SSSR count). The molecule has 2 heterocycles. The number of imidazole rings is 1. The van der Waals surface area contributed by atoms with Crippen molar-refractivity contribution in [3.05, 3.63) is 65.3 Å². The van der Waals surface area contributed by atoms with Gasteiger partial charge >= 0.3 is 0 Å². The number of fused-ring (bicyclic) bond motifs is 2. The van der Waals surface area contributed by atoms with Crippen molar-refractivity contribution < 1.29 is 8.42 Å². The van der Waals surface area contributed by atoms with Crippen molar-refractivity contribution >= 4 is 43.4 Å². The Morgan fingerprint density at radius 3 is 2.44 bits per heavy atom. The first-order chi connectivity index (χ1) is 11.9. The van der Waals surface area contributed by atoms with Gasteiger partial charge in [0.1, 0.15) is 5.15 Å². The van der Waals surface area contributed by atoms with E-state index in [1.807, 2.05) is 48.5 Å². The fraction of sp³-hybridized carbons (Fsp3) is 0.111. The third-order valence-corrected chi connectivity index (χ3v) is 5.33. The highest BCUT2D eigenvalue weighted by atomic mass is 35.5. The molecule has 0 spiro atoms. The van der Waals surface area contributed by atoms with Crippen LogP contribution >= 0.6 is 11.6 Å². The van der Waals surface area contributed by atoms with Crippen molar-refractivity contribution in [1.29, 1.82) is 0 Å². The van der Waals surface area contributed by atoms with Crippen molar-refractivity contribution in [3.8, 4) is 0 Å². The summed E-state index contributed by atoms with van der Waals surface area (Å²) in [5, 5.41) is 1.33. The summed E-state index contributed by atoms with van der Waals surface area (Å²) < 4.78 is 26.0. The molecule has 0 atom stereocenters. The zero-order valence-electron chi connectivity index (χ0n) is 13.3. The largest absolute Gasteiger partial charge is 0.310 e. The summed E-state index contributed by atoms with van der Waals surface area (Å²) in [6, 6.07) is 16.9. The van der Waals surface area contributed by atoms with Gasteiger partial charge in [-0.25, -0.2) is 18.4 Å². The maximum Gasteiger partial charge on any atom is 0.228 e. The predicted molar refractivity (Wildman–Crippen MR) is 98.7 cm³/mol. The molecule has 7 heteroatoms. The predicted octanol–water partition coefficient (Wildman–Crippen LogP) is 3.69. The minimum Gasteiger partial charge on any atom is -0.310 e. The second-order valence-electron chi connectivity index (χ2n) is 5.87. The summed E-state index contributed by atoms with van der Waals surface area (Å²) in [6.45, 7) is 0.277. The lowest BCUT2D eigenvalue weighted by Crippen LogP contribution is -2.11. The van der Waals surface area contributed by atoms with E-state index in [0.717, 1.165) is 28.2 Å². The van der Waals surface area contributed by atoms with Crippen molar-refractivity contribution in [3.63, 3.8) is 0 Å². The first-order valence-electron chi connectivity index (χ1n) is 7.63. The van der Waals surface area contributed by atoms with Gasteiger partial charge in [-0.3, -0.25) is 0 Å². The summed E-state index contributed by atoms with van der Waals surface area (Å²) in [5.74, 6) is 0. The van der Waals surface area contributed by atoms with Gasteiger partial charge in [-0.05, 0) is 24.3 Å². The van der Waals surface area contributed by atoms with Crippen LogP contribution in [0.2, 0.25) is 5.15 Å². The Hall–Kier alpha value is -2.44. The van der Waals surface area contributed by atoms with Crippen LogP contribution in [-0.4, -0.2) is 29.2 Å². The van der Waals surface area contributed by atoms with Gasteiger partial charge in [0.15, 0.2) is 0 Å². The highest BCUT2D eigenvalue weighted by Gasteiger charge is 2.20. The molecule has 0 radical (unpaired) electrons.